The molecule has 0 aliphatic carbocycles. The maximum Gasteiger partial charge on any atom is 0.306 e. The highest BCUT2D eigenvalue weighted by atomic mass is 16.6. The molecule has 0 aromatic rings. The van der Waals surface area contributed by atoms with Gasteiger partial charge >= 0.3 is 17.9 Å². The molecule has 0 bridgehead atoms. The average molecular weight is 1130 g/mol. The van der Waals surface area contributed by atoms with Gasteiger partial charge in [-0.25, -0.2) is 0 Å². The second kappa shape index (κ2) is 69.9. The van der Waals surface area contributed by atoms with E-state index < -0.39 is 6.10 Å². The fraction of sp³-hybridized carbons (Fsp3) is 0.959. The van der Waals surface area contributed by atoms with E-state index in [1.54, 1.807) is 0 Å². The van der Waals surface area contributed by atoms with Crippen molar-refractivity contribution in [2.75, 3.05) is 13.2 Å². The molecule has 0 aromatic carbocycles. The van der Waals surface area contributed by atoms with E-state index in [2.05, 4.69) is 20.8 Å². The van der Waals surface area contributed by atoms with Crippen LogP contribution in [0.3, 0.4) is 0 Å². The average Bonchev–Trinajstić information content (AvgIpc) is 3.46. The summed E-state index contributed by atoms with van der Waals surface area (Å²) in [6.45, 7) is 6.75. The van der Waals surface area contributed by atoms with Crippen molar-refractivity contribution in [1.29, 1.82) is 0 Å². The van der Waals surface area contributed by atoms with E-state index in [9.17, 15) is 14.4 Å². The van der Waals surface area contributed by atoms with Crippen molar-refractivity contribution < 1.29 is 28.6 Å². The van der Waals surface area contributed by atoms with Crippen LogP contribution in [0.5, 0.6) is 0 Å². The zero-order chi connectivity index (χ0) is 57.8. The third-order valence-corrected chi connectivity index (χ3v) is 17.4. The minimum atomic E-state index is -0.763. The maximum atomic E-state index is 13.0. The van der Waals surface area contributed by atoms with Crippen LogP contribution in [0.1, 0.15) is 438 Å². The van der Waals surface area contributed by atoms with E-state index in [4.69, 9.17) is 14.2 Å². The van der Waals surface area contributed by atoms with Crippen LogP contribution in [0.25, 0.3) is 0 Å². The van der Waals surface area contributed by atoms with Crippen molar-refractivity contribution in [2.45, 2.75) is 444 Å². The summed E-state index contributed by atoms with van der Waals surface area (Å²) in [6.07, 6.45) is 82.9. The van der Waals surface area contributed by atoms with Gasteiger partial charge in [0.15, 0.2) is 6.10 Å². The molecule has 1 unspecified atom stereocenters. The molecule has 6 nitrogen and oxygen atoms in total. The number of ether oxygens (including phenoxy) is 3. The monoisotopic (exact) mass is 1130 g/mol. The smallest absolute Gasteiger partial charge is 0.306 e. The predicted octanol–water partition coefficient (Wildman–Crippen LogP) is 25.4. The first kappa shape index (κ1) is 78.4. The minimum absolute atomic E-state index is 0.0600. The van der Waals surface area contributed by atoms with Crippen LogP contribution >= 0.6 is 0 Å². The van der Waals surface area contributed by atoms with Gasteiger partial charge in [-0.15, -0.1) is 0 Å². The van der Waals surface area contributed by atoms with Gasteiger partial charge in [0.2, 0.25) is 0 Å². The van der Waals surface area contributed by atoms with E-state index in [1.165, 1.54) is 340 Å². The molecule has 0 aliphatic heterocycles. The number of carbonyl (C=O) groups is 3. The maximum absolute atomic E-state index is 13.0. The lowest BCUT2D eigenvalue weighted by molar-refractivity contribution is -0.167. The van der Waals surface area contributed by atoms with Crippen molar-refractivity contribution in [3.8, 4) is 0 Å². The van der Waals surface area contributed by atoms with Crippen molar-refractivity contribution >= 4 is 17.9 Å². The molecule has 0 aromatic heterocycles. The summed E-state index contributed by atoms with van der Waals surface area (Å²) in [4.78, 5) is 38.5. The molecular weight excluding hydrogens is 985 g/mol. The van der Waals surface area contributed by atoms with Gasteiger partial charge in [-0.3, -0.25) is 14.4 Å². The first-order valence-electron chi connectivity index (χ1n) is 37.0. The highest BCUT2D eigenvalue weighted by Crippen LogP contribution is 2.20. The Morgan fingerprint density at radius 3 is 0.500 bits per heavy atom. The fourth-order valence-corrected chi connectivity index (χ4v) is 11.8. The zero-order valence-corrected chi connectivity index (χ0v) is 54.9. The summed E-state index contributed by atoms with van der Waals surface area (Å²) in [7, 11) is 0. The largest absolute Gasteiger partial charge is 0.462 e. The topological polar surface area (TPSA) is 78.9 Å². The first-order valence-corrected chi connectivity index (χ1v) is 37.0. The standard InChI is InChI=1S/C74H144O6/c1-4-7-10-13-16-19-22-25-28-30-32-34-35-36-37-38-39-41-42-44-46-49-52-55-58-61-64-67-73(76)79-70-71(69-78-72(75)66-63-60-57-54-51-48-27-24-21-18-15-12-9-6-3)80-74(77)68-65-62-59-56-53-50-47-45-43-40-33-31-29-26-23-20-17-14-11-8-5-2/h71H,4-70H2,1-3H3. The highest BCUT2D eigenvalue weighted by molar-refractivity contribution is 5.71. The zero-order valence-electron chi connectivity index (χ0n) is 54.9. The fourth-order valence-electron chi connectivity index (χ4n) is 11.8. The van der Waals surface area contributed by atoms with Gasteiger partial charge in [0, 0.05) is 19.3 Å². The second-order valence-corrected chi connectivity index (χ2v) is 25.6. The van der Waals surface area contributed by atoms with Crippen LogP contribution in [-0.4, -0.2) is 37.2 Å². The summed E-state index contributed by atoms with van der Waals surface area (Å²) in [5, 5.41) is 0. The van der Waals surface area contributed by atoms with Gasteiger partial charge < -0.3 is 14.2 Å². The van der Waals surface area contributed by atoms with E-state index in [0.717, 1.165) is 57.8 Å². The normalized spacial score (nSPS) is 11.9. The molecule has 0 saturated carbocycles. The molecule has 6 heteroatoms. The highest BCUT2D eigenvalue weighted by Gasteiger charge is 2.20. The van der Waals surface area contributed by atoms with E-state index in [0.29, 0.717) is 19.3 Å². The molecule has 1 atom stereocenters. The van der Waals surface area contributed by atoms with Crippen molar-refractivity contribution in [2.24, 2.45) is 0 Å². The number of rotatable bonds is 70. The summed E-state index contributed by atoms with van der Waals surface area (Å²) < 4.78 is 17.0. The summed E-state index contributed by atoms with van der Waals surface area (Å²) in [5.74, 6) is -0.817. The van der Waals surface area contributed by atoms with E-state index >= 15 is 0 Å². The van der Waals surface area contributed by atoms with Gasteiger partial charge in [0.05, 0.1) is 0 Å². The van der Waals surface area contributed by atoms with Crippen LogP contribution in [0.2, 0.25) is 0 Å². The molecule has 0 rings (SSSR count). The van der Waals surface area contributed by atoms with Gasteiger partial charge in [-0.05, 0) is 19.3 Å². The molecule has 0 saturated heterocycles. The lowest BCUT2D eigenvalue weighted by Crippen LogP contribution is -2.30. The second-order valence-electron chi connectivity index (χ2n) is 25.6. The Hall–Kier alpha value is -1.59. The Morgan fingerprint density at radius 1 is 0.200 bits per heavy atom. The molecule has 0 amide bonds. The number of carbonyl (C=O) groups excluding carboxylic acids is 3. The minimum Gasteiger partial charge on any atom is -0.462 e. The lowest BCUT2D eigenvalue weighted by atomic mass is 10.0. The molecule has 0 heterocycles. The van der Waals surface area contributed by atoms with Gasteiger partial charge in [0.1, 0.15) is 13.2 Å². The Labute approximate surface area is 501 Å². The van der Waals surface area contributed by atoms with E-state index in [-0.39, 0.29) is 31.1 Å². The number of hydrogen-bond acceptors (Lipinski definition) is 6. The molecule has 0 fully saturated rings. The lowest BCUT2D eigenvalue weighted by Gasteiger charge is -2.18. The van der Waals surface area contributed by atoms with Gasteiger partial charge in [-0.1, -0.05) is 400 Å². The SMILES string of the molecule is CCCCCCCCCCCCCCCCCCCCCCCCCCCCCC(=O)OCC(COC(=O)CCCCCCCCCCCCCCCC)OC(=O)CCCCCCCCCCCCCCCCCCCCCCC. The molecule has 0 aliphatic rings. The summed E-state index contributed by atoms with van der Waals surface area (Å²) in [5.41, 5.74) is 0. The third kappa shape index (κ3) is 67.2. The van der Waals surface area contributed by atoms with E-state index in [1.807, 2.05) is 0 Å². The third-order valence-electron chi connectivity index (χ3n) is 17.4. The molecule has 0 spiro atoms. The van der Waals surface area contributed by atoms with Crippen LogP contribution < -0.4 is 0 Å². The van der Waals surface area contributed by atoms with Crippen LogP contribution in [0.15, 0.2) is 0 Å². The van der Waals surface area contributed by atoms with Crippen LogP contribution in [0.4, 0.5) is 0 Å². The van der Waals surface area contributed by atoms with Crippen LogP contribution in [-0.2, 0) is 28.6 Å². The number of esters is 3. The number of unbranched alkanes of at least 4 members (excludes halogenated alkanes) is 59. The Morgan fingerprint density at radius 2 is 0.338 bits per heavy atom. The Bertz CT molecular complexity index is 1200. The predicted molar refractivity (Wildman–Crippen MR) is 349 cm³/mol. The molecule has 0 radical (unpaired) electrons. The van der Waals surface area contributed by atoms with Crippen molar-refractivity contribution in [1.82, 2.24) is 0 Å². The summed E-state index contributed by atoms with van der Waals surface area (Å²) >= 11 is 0. The van der Waals surface area contributed by atoms with Crippen molar-refractivity contribution in [3.63, 3.8) is 0 Å². The van der Waals surface area contributed by atoms with Gasteiger partial charge in [0.25, 0.3) is 0 Å². The summed E-state index contributed by atoms with van der Waals surface area (Å²) in [6, 6.07) is 0. The molecule has 0 N–H and O–H groups in total. The quantitative estimate of drug-likeness (QED) is 0.0343. The molecular formula is C74H144O6. The molecule has 476 valence electrons. The molecule has 80 heavy (non-hydrogen) atoms. The van der Waals surface area contributed by atoms with Crippen molar-refractivity contribution in [3.05, 3.63) is 0 Å². The first-order chi connectivity index (χ1) is 39.5. The Kier molecular flexibility index (Phi) is 68.5. The number of hydrogen-bond donors (Lipinski definition) is 0. The van der Waals surface area contributed by atoms with Crippen LogP contribution in [0, 0.1) is 0 Å². The Balaban J connectivity index is 4.17. The van der Waals surface area contributed by atoms with Gasteiger partial charge in [-0.2, -0.15) is 0 Å².